The average molecular weight is 307 g/mol. The standard InChI is InChI=1S/C16H9F4NO/c17-11-4-5-13-12(7-11)15(22)8-14(21-13)9-2-1-3-10(6-9)16(18,19)20/h1-8H,(H,21,22). The quantitative estimate of drug-likeness (QED) is 0.666. The fraction of sp³-hybridized carbons (Fsp3) is 0.0625. The third-order valence-electron chi connectivity index (χ3n) is 3.29. The van der Waals surface area contributed by atoms with E-state index in [2.05, 4.69) is 4.98 Å². The van der Waals surface area contributed by atoms with E-state index in [0.717, 1.165) is 24.3 Å². The van der Waals surface area contributed by atoms with Crippen molar-refractivity contribution >= 4 is 10.9 Å². The summed E-state index contributed by atoms with van der Waals surface area (Å²) in [5, 5.41) is 0.149. The molecular formula is C16H9F4NO. The van der Waals surface area contributed by atoms with Gasteiger partial charge in [0.2, 0.25) is 0 Å². The van der Waals surface area contributed by atoms with Crippen LogP contribution in [0.25, 0.3) is 22.2 Å². The average Bonchev–Trinajstić information content (AvgIpc) is 2.47. The molecule has 2 nitrogen and oxygen atoms in total. The molecule has 0 unspecified atom stereocenters. The highest BCUT2D eigenvalue weighted by atomic mass is 19.4. The number of pyridine rings is 1. The summed E-state index contributed by atoms with van der Waals surface area (Å²) in [4.78, 5) is 14.9. The molecule has 3 aromatic rings. The fourth-order valence-electron chi connectivity index (χ4n) is 2.24. The second-order valence-corrected chi connectivity index (χ2v) is 4.82. The van der Waals surface area contributed by atoms with Gasteiger partial charge in [0.05, 0.1) is 5.56 Å². The van der Waals surface area contributed by atoms with Crippen LogP contribution in [0.5, 0.6) is 0 Å². The van der Waals surface area contributed by atoms with E-state index >= 15 is 0 Å². The van der Waals surface area contributed by atoms with E-state index < -0.39 is 23.0 Å². The lowest BCUT2D eigenvalue weighted by atomic mass is 10.1. The lowest BCUT2D eigenvalue weighted by Crippen LogP contribution is -2.06. The molecule has 1 aromatic heterocycles. The Hall–Kier alpha value is -2.63. The van der Waals surface area contributed by atoms with E-state index in [9.17, 15) is 22.4 Å². The van der Waals surface area contributed by atoms with Crippen molar-refractivity contribution in [2.45, 2.75) is 6.18 Å². The third-order valence-corrected chi connectivity index (χ3v) is 3.29. The molecule has 0 saturated carbocycles. The molecule has 0 aliphatic heterocycles. The molecule has 2 aromatic carbocycles. The SMILES string of the molecule is O=c1cc(-c2cccc(C(F)(F)F)c2)[nH]c2ccc(F)cc12. The van der Waals surface area contributed by atoms with E-state index in [0.29, 0.717) is 5.52 Å². The van der Waals surface area contributed by atoms with Crippen molar-refractivity contribution in [2.75, 3.05) is 0 Å². The lowest BCUT2D eigenvalue weighted by molar-refractivity contribution is -0.137. The van der Waals surface area contributed by atoms with E-state index in [4.69, 9.17) is 0 Å². The highest BCUT2D eigenvalue weighted by Gasteiger charge is 2.30. The first-order chi connectivity index (χ1) is 10.3. The summed E-state index contributed by atoms with van der Waals surface area (Å²) in [6.45, 7) is 0. The molecule has 0 fully saturated rings. The lowest BCUT2D eigenvalue weighted by Gasteiger charge is -2.09. The first-order valence-corrected chi connectivity index (χ1v) is 6.35. The van der Waals surface area contributed by atoms with Gasteiger partial charge < -0.3 is 4.98 Å². The molecule has 22 heavy (non-hydrogen) atoms. The molecule has 3 rings (SSSR count). The molecule has 0 bridgehead atoms. The molecule has 0 amide bonds. The van der Waals surface area contributed by atoms with Gasteiger partial charge in [0, 0.05) is 22.7 Å². The maximum absolute atomic E-state index is 13.1. The van der Waals surface area contributed by atoms with E-state index in [1.807, 2.05) is 0 Å². The van der Waals surface area contributed by atoms with Gasteiger partial charge in [0.25, 0.3) is 0 Å². The monoisotopic (exact) mass is 307 g/mol. The Labute approximate surface area is 122 Å². The largest absolute Gasteiger partial charge is 0.416 e. The number of nitrogens with one attached hydrogen (secondary N) is 1. The number of hydrogen-bond donors (Lipinski definition) is 1. The van der Waals surface area contributed by atoms with Crippen molar-refractivity contribution in [3.05, 3.63) is 70.1 Å². The molecule has 0 aliphatic rings. The number of rotatable bonds is 1. The van der Waals surface area contributed by atoms with Crippen LogP contribution in [0.2, 0.25) is 0 Å². The number of aromatic amines is 1. The van der Waals surface area contributed by atoms with Crippen molar-refractivity contribution in [2.24, 2.45) is 0 Å². The van der Waals surface area contributed by atoms with E-state index in [-0.39, 0.29) is 16.6 Å². The molecular weight excluding hydrogens is 298 g/mol. The zero-order valence-electron chi connectivity index (χ0n) is 11.0. The van der Waals surface area contributed by atoms with Gasteiger partial charge >= 0.3 is 6.18 Å². The van der Waals surface area contributed by atoms with E-state index in [1.54, 1.807) is 0 Å². The number of H-pyrrole nitrogens is 1. The number of benzene rings is 2. The molecule has 0 atom stereocenters. The molecule has 6 heteroatoms. The Balaban J connectivity index is 2.19. The molecule has 0 radical (unpaired) electrons. The molecule has 112 valence electrons. The zero-order valence-corrected chi connectivity index (χ0v) is 11.0. The van der Waals surface area contributed by atoms with Crippen LogP contribution < -0.4 is 5.43 Å². The topological polar surface area (TPSA) is 32.9 Å². The zero-order chi connectivity index (χ0) is 15.9. The number of hydrogen-bond acceptors (Lipinski definition) is 1. The maximum atomic E-state index is 13.1. The summed E-state index contributed by atoms with van der Waals surface area (Å²) < 4.78 is 51.4. The van der Waals surface area contributed by atoms with Crippen LogP contribution >= 0.6 is 0 Å². The molecule has 0 saturated heterocycles. The highest BCUT2D eigenvalue weighted by molar-refractivity contribution is 5.81. The second kappa shape index (κ2) is 4.98. The molecule has 1 heterocycles. The van der Waals surface area contributed by atoms with Crippen LogP contribution in [-0.2, 0) is 6.18 Å². The summed E-state index contributed by atoms with van der Waals surface area (Å²) in [7, 11) is 0. The number of fused-ring (bicyclic) bond motifs is 1. The summed E-state index contributed by atoms with van der Waals surface area (Å²) in [5.74, 6) is -0.551. The van der Waals surface area contributed by atoms with E-state index in [1.165, 1.54) is 24.3 Å². The third kappa shape index (κ3) is 2.59. The predicted octanol–water partition coefficient (Wildman–Crippen LogP) is 4.35. The second-order valence-electron chi connectivity index (χ2n) is 4.82. The Morgan fingerprint density at radius 1 is 0.955 bits per heavy atom. The highest BCUT2D eigenvalue weighted by Crippen LogP contribution is 2.31. The van der Waals surface area contributed by atoms with Crippen LogP contribution in [0.4, 0.5) is 17.6 Å². The van der Waals surface area contributed by atoms with Crippen LogP contribution in [-0.4, -0.2) is 4.98 Å². The Kier molecular flexibility index (Phi) is 3.24. The van der Waals surface area contributed by atoms with Gasteiger partial charge in [-0.15, -0.1) is 0 Å². The molecule has 1 N–H and O–H groups in total. The Morgan fingerprint density at radius 2 is 1.73 bits per heavy atom. The Bertz CT molecular complexity index is 912. The summed E-state index contributed by atoms with van der Waals surface area (Å²) >= 11 is 0. The summed E-state index contributed by atoms with van der Waals surface area (Å²) in [6, 6.07) is 9.46. The van der Waals surface area contributed by atoms with Gasteiger partial charge in [-0.3, -0.25) is 4.79 Å². The maximum Gasteiger partial charge on any atom is 0.416 e. The summed E-state index contributed by atoms with van der Waals surface area (Å²) in [6.07, 6.45) is -4.46. The van der Waals surface area contributed by atoms with Crippen molar-refractivity contribution in [3.8, 4) is 11.3 Å². The predicted molar refractivity (Wildman–Crippen MR) is 75.0 cm³/mol. The van der Waals surface area contributed by atoms with Crippen LogP contribution in [0, 0.1) is 5.82 Å². The fourth-order valence-corrected chi connectivity index (χ4v) is 2.24. The van der Waals surface area contributed by atoms with Crippen molar-refractivity contribution < 1.29 is 17.6 Å². The summed E-state index contributed by atoms with van der Waals surface area (Å²) in [5.41, 5.74) is -0.416. The number of aromatic nitrogens is 1. The van der Waals surface area contributed by atoms with Gasteiger partial charge in [0.15, 0.2) is 5.43 Å². The number of alkyl halides is 3. The van der Waals surface area contributed by atoms with Gasteiger partial charge in [-0.05, 0) is 35.9 Å². The van der Waals surface area contributed by atoms with Crippen LogP contribution in [0.3, 0.4) is 0 Å². The minimum atomic E-state index is -4.46. The van der Waals surface area contributed by atoms with Gasteiger partial charge in [-0.1, -0.05) is 12.1 Å². The van der Waals surface area contributed by atoms with Gasteiger partial charge in [-0.25, -0.2) is 4.39 Å². The van der Waals surface area contributed by atoms with Crippen molar-refractivity contribution in [3.63, 3.8) is 0 Å². The van der Waals surface area contributed by atoms with Crippen LogP contribution in [0.1, 0.15) is 5.56 Å². The minimum Gasteiger partial charge on any atom is -0.354 e. The normalized spacial score (nSPS) is 11.8. The van der Waals surface area contributed by atoms with Gasteiger partial charge in [0.1, 0.15) is 5.82 Å². The first kappa shape index (κ1) is 14.3. The Morgan fingerprint density at radius 3 is 2.45 bits per heavy atom. The molecule has 0 aliphatic carbocycles. The number of halogens is 4. The van der Waals surface area contributed by atoms with Crippen molar-refractivity contribution in [1.29, 1.82) is 0 Å². The van der Waals surface area contributed by atoms with Crippen LogP contribution in [0.15, 0.2) is 53.3 Å². The van der Waals surface area contributed by atoms with Gasteiger partial charge in [-0.2, -0.15) is 13.2 Å². The first-order valence-electron chi connectivity index (χ1n) is 6.35. The van der Waals surface area contributed by atoms with Crippen molar-refractivity contribution in [1.82, 2.24) is 4.98 Å². The minimum absolute atomic E-state index is 0.149. The smallest absolute Gasteiger partial charge is 0.354 e. The molecule has 0 spiro atoms.